The molecule has 17 heteroatoms. The Morgan fingerprint density at radius 3 is 2.12 bits per heavy atom. The highest BCUT2D eigenvalue weighted by molar-refractivity contribution is 5.97. The first-order valence-electron chi connectivity index (χ1n) is 24.6. The molecule has 14 nitrogen and oxygen atoms in total. The lowest BCUT2D eigenvalue weighted by Crippen LogP contribution is -2.33. The van der Waals surface area contributed by atoms with E-state index in [2.05, 4.69) is 5.32 Å². The largest absolute Gasteiger partial charge is 0.545 e. The molecular formula is C61H44F3N5O9. The number of ether oxygens (including phenoxy) is 2. The molecule has 0 aliphatic carbocycles. The third-order valence-electron chi connectivity index (χ3n) is 13.8. The molecule has 78 heavy (non-hydrogen) atoms. The molecule has 1 unspecified atom stereocenters. The number of halogens is 3. The maximum absolute atomic E-state index is 13.7. The van der Waals surface area contributed by atoms with Crippen LogP contribution in [0.3, 0.4) is 0 Å². The molecule has 388 valence electrons. The molecule has 2 N–H and O–H groups in total. The number of carbonyl (C=O) groups is 4. The van der Waals surface area contributed by atoms with E-state index in [4.69, 9.17) is 9.47 Å². The summed E-state index contributed by atoms with van der Waals surface area (Å²) < 4.78 is 57.6. The number of aromatic carboxylic acids is 2. The third kappa shape index (κ3) is 10.3. The topological polar surface area (TPSA) is 200 Å². The number of pyridine rings is 2. The zero-order valence-electron chi connectivity index (χ0n) is 41.2. The number of carbonyl (C=O) groups excluding carboxylic acids is 3. The molecule has 0 fully saturated rings. The smallest absolute Gasteiger partial charge is 0.416 e. The van der Waals surface area contributed by atoms with Gasteiger partial charge in [0.2, 0.25) is 11.4 Å². The number of benzene rings is 6. The summed E-state index contributed by atoms with van der Waals surface area (Å²) in [5.74, 6) is -3.93. The van der Waals surface area contributed by atoms with Gasteiger partial charge in [0.05, 0.1) is 34.2 Å². The highest BCUT2D eigenvalue weighted by Gasteiger charge is 2.53. The van der Waals surface area contributed by atoms with Crippen molar-refractivity contribution >= 4 is 40.9 Å². The number of unbranched alkanes of at least 4 members (excludes halogenated alkanes) is 2. The first kappa shape index (κ1) is 51.4. The maximum atomic E-state index is 13.7. The minimum absolute atomic E-state index is 0.0183. The van der Waals surface area contributed by atoms with Gasteiger partial charge < -0.3 is 44.6 Å². The average molecular weight is 1050 g/mol. The summed E-state index contributed by atoms with van der Waals surface area (Å²) in [4.78, 5) is 50.7. The Kier molecular flexibility index (Phi) is 14.0. The molecule has 0 bridgehead atoms. The lowest BCUT2D eigenvalue weighted by atomic mass is 9.77. The summed E-state index contributed by atoms with van der Waals surface area (Å²) in [5, 5.41) is 45.8. The molecule has 0 saturated carbocycles. The van der Waals surface area contributed by atoms with Gasteiger partial charge in [0.15, 0.2) is 30.4 Å². The van der Waals surface area contributed by atoms with E-state index in [0.717, 1.165) is 40.2 Å². The molecule has 0 saturated heterocycles. The fourth-order valence-electron chi connectivity index (χ4n) is 9.88. The van der Waals surface area contributed by atoms with Crippen LogP contribution in [0.15, 0.2) is 188 Å². The minimum atomic E-state index is -4.56. The Labute approximate surface area is 444 Å². The van der Waals surface area contributed by atoms with Gasteiger partial charge in [0.25, 0.3) is 0 Å². The van der Waals surface area contributed by atoms with Crippen molar-refractivity contribution in [1.82, 2.24) is 0 Å². The van der Waals surface area contributed by atoms with Gasteiger partial charge in [0, 0.05) is 101 Å². The number of rotatable bonds is 17. The van der Waals surface area contributed by atoms with Gasteiger partial charge in [0.1, 0.15) is 17.6 Å². The van der Waals surface area contributed by atoms with Crippen LogP contribution in [-0.2, 0) is 27.7 Å². The van der Waals surface area contributed by atoms with E-state index < -0.39 is 46.8 Å². The zero-order chi connectivity index (χ0) is 54.7. The normalized spacial score (nSPS) is 14.3. The molecule has 2 aliphatic heterocycles. The van der Waals surface area contributed by atoms with Crippen LogP contribution < -0.4 is 34.3 Å². The first-order valence-corrected chi connectivity index (χ1v) is 24.6. The van der Waals surface area contributed by atoms with Crippen LogP contribution in [0, 0.1) is 11.3 Å². The van der Waals surface area contributed by atoms with E-state index in [9.17, 15) is 52.9 Å². The van der Waals surface area contributed by atoms with E-state index in [1.54, 1.807) is 103 Å². The Bertz CT molecular complexity index is 3750. The van der Waals surface area contributed by atoms with Crippen LogP contribution in [-0.4, -0.2) is 42.1 Å². The fraction of sp³-hybridized carbons (Fsp3) is 0.131. The Hall–Kier alpha value is -10.1. The van der Waals surface area contributed by atoms with Crippen LogP contribution in [0.25, 0.3) is 22.5 Å². The van der Waals surface area contributed by atoms with Gasteiger partial charge in [-0.05, 0) is 121 Å². The molecule has 2 aliphatic rings. The molecule has 2 aromatic heterocycles. The van der Waals surface area contributed by atoms with Crippen molar-refractivity contribution < 1.29 is 66.3 Å². The van der Waals surface area contributed by atoms with E-state index in [0.29, 0.717) is 77.4 Å². The van der Waals surface area contributed by atoms with Crippen LogP contribution in [0.4, 0.5) is 30.2 Å². The number of carboxylic acids is 3. The minimum Gasteiger partial charge on any atom is -0.545 e. The average Bonchev–Trinajstić information content (AvgIpc) is 3.49. The molecule has 6 aromatic carbocycles. The molecule has 0 amide bonds. The first-order chi connectivity index (χ1) is 37.6. The molecule has 1 atom stereocenters. The number of anilines is 3. The second-order valence-corrected chi connectivity index (χ2v) is 18.6. The van der Waals surface area contributed by atoms with Gasteiger partial charge in [-0.1, -0.05) is 30.7 Å². The zero-order valence-corrected chi connectivity index (χ0v) is 41.2. The van der Waals surface area contributed by atoms with Crippen molar-refractivity contribution in [3.63, 3.8) is 0 Å². The number of hydrogen-bond acceptors (Lipinski definition) is 11. The highest BCUT2D eigenvalue weighted by atomic mass is 19.4. The van der Waals surface area contributed by atoms with E-state index in [1.807, 2.05) is 63.1 Å². The number of alkyl halides is 3. The van der Waals surface area contributed by atoms with Gasteiger partial charge >= 0.3 is 18.1 Å². The monoisotopic (exact) mass is 1050 g/mol. The fourth-order valence-corrected chi connectivity index (χ4v) is 9.88. The number of aliphatic carboxylic acids is 1. The number of carboxylic acid groups (broad SMARTS) is 3. The second-order valence-electron chi connectivity index (χ2n) is 18.6. The number of nitrogens with one attached hydrogen (secondary N) is 1. The van der Waals surface area contributed by atoms with Gasteiger partial charge in [-0.15, -0.1) is 0 Å². The molecule has 10 rings (SSSR count). The Morgan fingerprint density at radius 1 is 0.718 bits per heavy atom. The van der Waals surface area contributed by atoms with Gasteiger partial charge in [-0.2, -0.15) is 27.6 Å². The van der Waals surface area contributed by atoms with E-state index in [-0.39, 0.29) is 23.4 Å². The summed E-state index contributed by atoms with van der Waals surface area (Å²) in [5.41, 5.74) is 4.35. The maximum Gasteiger partial charge on any atom is 0.416 e. The van der Waals surface area contributed by atoms with E-state index >= 15 is 0 Å². The Morgan fingerprint density at radius 2 is 1.42 bits per heavy atom. The van der Waals surface area contributed by atoms with Crippen molar-refractivity contribution in [2.45, 2.75) is 37.5 Å². The highest BCUT2D eigenvalue weighted by Crippen LogP contribution is 2.57. The lowest BCUT2D eigenvalue weighted by Gasteiger charge is -2.37. The number of fused-ring (bicyclic) bond motifs is 6. The van der Waals surface area contributed by atoms with Crippen LogP contribution in [0.1, 0.15) is 78.2 Å². The van der Waals surface area contributed by atoms with Crippen LogP contribution >= 0.6 is 0 Å². The van der Waals surface area contributed by atoms with Gasteiger partial charge in [-0.25, -0.2) is 9.59 Å². The quantitative estimate of drug-likeness (QED) is 0.0289. The van der Waals surface area contributed by atoms with Crippen molar-refractivity contribution in [2.24, 2.45) is 0 Å². The Balaban J connectivity index is 0.882. The van der Waals surface area contributed by atoms with E-state index in [1.165, 1.54) is 24.3 Å². The predicted octanol–water partition coefficient (Wildman–Crippen LogP) is 8.72. The summed E-state index contributed by atoms with van der Waals surface area (Å²) in [6.07, 6.45) is 6.58. The summed E-state index contributed by atoms with van der Waals surface area (Å²) in [7, 11) is 0. The number of aromatic nitrogens is 2. The SMILES string of the molecule is N#C/C(=C/CN(CCCCCc1cc(C(=O)[O-])ccc1-[n+]1ccc(-c2cc[n+](-c3ccc(C(=O)O)cc3)cc2)cc1)c1ccc2c(c1)Oc1ccc(Nc3cccc(C(F)(F)F)c3)cc1C21OC(=O)c2ccccc21)C(=O)[O-]. The number of aryl methyl sites for hydroxylation is 1. The van der Waals surface area contributed by atoms with Gasteiger partial charge in [-0.3, -0.25) is 0 Å². The van der Waals surface area contributed by atoms with Crippen molar-refractivity contribution in [2.75, 3.05) is 23.3 Å². The predicted molar refractivity (Wildman–Crippen MR) is 274 cm³/mol. The number of nitriles is 1. The molecule has 4 heterocycles. The molecule has 0 radical (unpaired) electrons. The van der Waals surface area contributed by atoms with Crippen LogP contribution in [0.5, 0.6) is 11.5 Å². The summed E-state index contributed by atoms with van der Waals surface area (Å²) >= 11 is 0. The summed E-state index contributed by atoms with van der Waals surface area (Å²) in [6, 6.07) is 42.7. The molecule has 8 aromatic rings. The second kappa shape index (κ2) is 21.3. The van der Waals surface area contributed by atoms with Crippen molar-refractivity contribution in [1.29, 1.82) is 5.26 Å². The molecule has 1 spiro atoms. The third-order valence-corrected chi connectivity index (χ3v) is 13.8. The van der Waals surface area contributed by atoms with Crippen LogP contribution in [0.2, 0.25) is 0 Å². The van der Waals surface area contributed by atoms with Crippen molar-refractivity contribution in [3.8, 4) is 40.1 Å². The number of hydrogen-bond donors (Lipinski definition) is 2. The lowest BCUT2D eigenvalue weighted by molar-refractivity contribution is -0.596. The number of nitrogens with zero attached hydrogens (tertiary/aromatic N) is 4. The number of esters is 1. The molecular weight excluding hydrogens is 1000 g/mol. The van der Waals surface area contributed by atoms with Crippen molar-refractivity contribution in [3.05, 3.63) is 233 Å². The standard InChI is InChI=1S/C61H44F3N5O9/c62-61(63,64)44-8-6-9-45(34-44)66-46-15-21-54-52(35-46)60(50-11-4-3-10-49(50)59(76)78-60)51-19-18-48(36-55(51)77-54)67(30-26-43(37-65)58(74)75)27-5-1-2-7-41-33-42(57(72)73)14-20-53(41)69-31-24-39(25-32-69)38-22-28-68(29-23-38)47-16-12-40(13-17-47)56(70)71/h3-4,6,8-26,28-29,31-36,66H,1-2,5,7,27,30H2,(H-2,70,71,72,73,74,75)/b43-26-. The summed E-state index contributed by atoms with van der Waals surface area (Å²) in [6.45, 7) is 0.347.